The maximum atomic E-state index is 5.32. The van der Waals surface area contributed by atoms with Crippen molar-refractivity contribution in [2.45, 2.75) is 33.0 Å². The summed E-state index contributed by atoms with van der Waals surface area (Å²) in [6.45, 7) is 8.29. The van der Waals surface area contributed by atoms with Gasteiger partial charge in [-0.1, -0.05) is 37.3 Å². The molecule has 0 saturated carbocycles. The van der Waals surface area contributed by atoms with Gasteiger partial charge in [0.05, 0.1) is 12.8 Å². The largest absolute Gasteiger partial charge is 0.468 e. The summed E-state index contributed by atoms with van der Waals surface area (Å²) >= 11 is 0. The molecule has 1 aromatic heterocycles. The first kappa shape index (κ1) is 14.8. The summed E-state index contributed by atoms with van der Waals surface area (Å²) in [5, 5.41) is 3.45. The molecule has 0 aliphatic carbocycles. The van der Waals surface area contributed by atoms with Crippen LogP contribution >= 0.6 is 0 Å². The Balaban J connectivity index is 1.78. The Kier molecular flexibility index (Phi) is 5.84. The molecule has 0 radical (unpaired) electrons. The topological polar surface area (TPSA) is 28.4 Å². The highest BCUT2D eigenvalue weighted by Gasteiger charge is 2.12. The van der Waals surface area contributed by atoms with Crippen LogP contribution in [0.15, 0.2) is 53.1 Å². The fourth-order valence-corrected chi connectivity index (χ4v) is 2.34. The highest BCUT2D eigenvalue weighted by molar-refractivity contribution is 5.14. The second kappa shape index (κ2) is 7.88. The van der Waals surface area contributed by atoms with E-state index in [1.54, 1.807) is 6.26 Å². The number of benzene rings is 1. The third kappa shape index (κ3) is 4.51. The van der Waals surface area contributed by atoms with E-state index in [-0.39, 0.29) is 0 Å². The van der Waals surface area contributed by atoms with Crippen molar-refractivity contribution in [3.05, 3.63) is 60.1 Å². The van der Waals surface area contributed by atoms with Crippen molar-refractivity contribution in [3.63, 3.8) is 0 Å². The van der Waals surface area contributed by atoms with E-state index in [0.717, 1.165) is 31.9 Å². The second-order valence-electron chi connectivity index (χ2n) is 5.11. The second-order valence-corrected chi connectivity index (χ2v) is 5.11. The predicted molar refractivity (Wildman–Crippen MR) is 82.4 cm³/mol. The van der Waals surface area contributed by atoms with Crippen LogP contribution in [0.3, 0.4) is 0 Å². The quantitative estimate of drug-likeness (QED) is 0.799. The third-order valence-electron chi connectivity index (χ3n) is 3.58. The Hall–Kier alpha value is -1.58. The molecule has 3 nitrogen and oxygen atoms in total. The van der Waals surface area contributed by atoms with Crippen LogP contribution < -0.4 is 5.32 Å². The van der Waals surface area contributed by atoms with Gasteiger partial charge in [0.1, 0.15) is 5.76 Å². The molecule has 1 unspecified atom stereocenters. The first-order chi connectivity index (χ1) is 9.79. The number of likely N-dealkylation sites (N-methyl/N-ethyl adjacent to an activating group) is 1. The van der Waals surface area contributed by atoms with Crippen molar-refractivity contribution in [3.8, 4) is 0 Å². The molecule has 3 heteroatoms. The number of rotatable bonds is 8. The van der Waals surface area contributed by atoms with Gasteiger partial charge >= 0.3 is 0 Å². The lowest BCUT2D eigenvalue weighted by atomic mass is 10.2. The van der Waals surface area contributed by atoms with Crippen LogP contribution in [-0.2, 0) is 13.1 Å². The van der Waals surface area contributed by atoms with Crippen molar-refractivity contribution in [2.24, 2.45) is 0 Å². The van der Waals surface area contributed by atoms with Crippen LogP contribution in [-0.4, -0.2) is 24.0 Å². The minimum Gasteiger partial charge on any atom is -0.468 e. The molecule has 0 spiro atoms. The van der Waals surface area contributed by atoms with Crippen molar-refractivity contribution >= 4 is 0 Å². The Labute approximate surface area is 121 Å². The molecule has 2 rings (SSSR count). The summed E-state index contributed by atoms with van der Waals surface area (Å²) in [5.74, 6) is 0.989. The minimum absolute atomic E-state index is 0.496. The zero-order valence-electron chi connectivity index (χ0n) is 12.4. The van der Waals surface area contributed by atoms with Gasteiger partial charge in [-0.05, 0) is 31.2 Å². The molecular weight excluding hydrogens is 248 g/mol. The first-order valence-electron chi connectivity index (χ1n) is 7.30. The van der Waals surface area contributed by atoms with Crippen LogP contribution in [0.2, 0.25) is 0 Å². The summed E-state index contributed by atoms with van der Waals surface area (Å²) in [6, 6.07) is 15.1. The standard InChI is InChI=1S/C17H24N2O/c1-3-19(14-16-8-5-4-6-9-16)15(2)12-18-13-17-10-7-11-20-17/h4-11,15,18H,3,12-14H2,1-2H3. The van der Waals surface area contributed by atoms with Crippen molar-refractivity contribution < 1.29 is 4.42 Å². The smallest absolute Gasteiger partial charge is 0.117 e. The van der Waals surface area contributed by atoms with Crippen molar-refractivity contribution in [1.82, 2.24) is 10.2 Å². The van der Waals surface area contributed by atoms with Crippen molar-refractivity contribution in [1.29, 1.82) is 0 Å². The van der Waals surface area contributed by atoms with Gasteiger partial charge in [0.2, 0.25) is 0 Å². The zero-order valence-corrected chi connectivity index (χ0v) is 12.4. The average Bonchev–Trinajstić information content (AvgIpc) is 2.99. The van der Waals surface area contributed by atoms with Gasteiger partial charge in [0.25, 0.3) is 0 Å². The van der Waals surface area contributed by atoms with Gasteiger partial charge in [-0.2, -0.15) is 0 Å². The maximum Gasteiger partial charge on any atom is 0.117 e. The molecule has 0 fully saturated rings. The summed E-state index contributed by atoms with van der Waals surface area (Å²) in [5.41, 5.74) is 1.37. The van der Waals surface area contributed by atoms with Crippen LogP contribution in [0.4, 0.5) is 0 Å². The van der Waals surface area contributed by atoms with Crippen LogP contribution in [0.1, 0.15) is 25.2 Å². The highest BCUT2D eigenvalue weighted by atomic mass is 16.3. The van der Waals surface area contributed by atoms with E-state index >= 15 is 0 Å². The van der Waals surface area contributed by atoms with Crippen LogP contribution in [0.25, 0.3) is 0 Å². The first-order valence-corrected chi connectivity index (χ1v) is 7.30. The molecule has 20 heavy (non-hydrogen) atoms. The molecule has 1 N–H and O–H groups in total. The maximum absolute atomic E-state index is 5.32. The van der Waals surface area contributed by atoms with Crippen LogP contribution in [0, 0.1) is 0 Å². The number of nitrogens with zero attached hydrogens (tertiary/aromatic N) is 1. The van der Waals surface area contributed by atoms with E-state index in [1.165, 1.54) is 5.56 Å². The molecular formula is C17H24N2O. The molecule has 108 valence electrons. The monoisotopic (exact) mass is 272 g/mol. The molecule has 0 saturated heterocycles. The highest BCUT2D eigenvalue weighted by Crippen LogP contribution is 2.08. The third-order valence-corrected chi connectivity index (χ3v) is 3.58. The van der Waals surface area contributed by atoms with E-state index in [9.17, 15) is 0 Å². The minimum atomic E-state index is 0.496. The lowest BCUT2D eigenvalue weighted by Crippen LogP contribution is -2.39. The van der Waals surface area contributed by atoms with Gasteiger partial charge in [0, 0.05) is 19.1 Å². The van der Waals surface area contributed by atoms with E-state index < -0.39 is 0 Å². The van der Waals surface area contributed by atoms with Crippen LogP contribution in [0.5, 0.6) is 0 Å². The van der Waals surface area contributed by atoms with E-state index in [4.69, 9.17) is 4.42 Å². The normalized spacial score (nSPS) is 12.8. The molecule has 0 aliphatic rings. The zero-order chi connectivity index (χ0) is 14.2. The summed E-state index contributed by atoms with van der Waals surface area (Å²) in [6.07, 6.45) is 1.72. The fraction of sp³-hybridized carbons (Fsp3) is 0.412. The Morgan fingerprint density at radius 1 is 1.15 bits per heavy atom. The molecule has 1 aromatic carbocycles. The lowest BCUT2D eigenvalue weighted by Gasteiger charge is -2.28. The predicted octanol–water partition coefficient (Wildman–Crippen LogP) is 3.28. The molecule has 0 amide bonds. The molecule has 0 aliphatic heterocycles. The number of nitrogens with one attached hydrogen (secondary N) is 1. The molecule has 0 bridgehead atoms. The van der Waals surface area contributed by atoms with E-state index in [2.05, 4.69) is 54.4 Å². The van der Waals surface area contributed by atoms with Gasteiger partial charge in [0.15, 0.2) is 0 Å². The summed E-state index contributed by atoms with van der Waals surface area (Å²) in [4.78, 5) is 2.48. The van der Waals surface area contributed by atoms with Gasteiger partial charge in [-0.25, -0.2) is 0 Å². The van der Waals surface area contributed by atoms with E-state index in [0.29, 0.717) is 6.04 Å². The number of furan rings is 1. The SMILES string of the molecule is CCN(Cc1ccccc1)C(C)CNCc1ccco1. The summed E-state index contributed by atoms with van der Waals surface area (Å²) in [7, 11) is 0. The number of hydrogen-bond donors (Lipinski definition) is 1. The number of hydrogen-bond acceptors (Lipinski definition) is 3. The van der Waals surface area contributed by atoms with Gasteiger partial charge in [-0.15, -0.1) is 0 Å². The molecule has 1 atom stereocenters. The Morgan fingerprint density at radius 3 is 2.60 bits per heavy atom. The molecule has 1 heterocycles. The average molecular weight is 272 g/mol. The van der Waals surface area contributed by atoms with E-state index in [1.807, 2.05) is 12.1 Å². The fourth-order valence-electron chi connectivity index (χ4n) is 2.34. The Morgan fingerprint density at radius 2 is 1.95 bits per heavy atom. The van der Waals surface area contributed by atoms with Crippen molar-refractivity contribution in [2.75, 3.05) is 13.1 Å². The van der Waals surface area contributed by atoms with Gasteiger partial charge < -0.3 is 9.73 Å². The summed E-state index contributed by atoms with van der Waals surface area (Å²) < 4.78 is 5.32. The Bertz CT molecular complexity index is 467. The van der Waals surface area contributed by atoms with Gasteiger partial charge in [-0.3, -0.25) is 4.90 Å². The lowest BCUT2D eigenvalue weighted by molar-refractivity contribution is 0.205. The molecule has 2 aromatic rings.